The molecule has 0 aliphatic carbocycles. The predicted molar refractivity (Wildman–Crippen MR) is 72.3 cm³/mol. The summed E-state index contributed by atoms with van der Waals surface area (Å²) >= 11 is 0. The molecular formula is C12H19N3O3S. The first-order valence-electron chi connectivity index (χ1n) is 6.27. The molecule has 1 atom stereocenters. The summed E-state index contributed by atoms with van der Waals surface area (Å²) in [6.07, 6.45) is 2.11. The summed E-state index contributed by atoms with van der Waals surface area (Å²) in [7, 11) is -1.08. The third kappa shape index (κ3) is 4.07. The van der Waals surface area contributed by atoms with Crippen LogP contribution in [0.15, 0.2) is 18.3 Å². The van der Waals surface area contributed by atoms with Crippen LogP contribution in [0.25, 0.3) is 0 Å². The van der Waals surface area contributed by atoms with Crippen LogP contribution in [0.5, 0.6) is 0 Å². The Morgan fingerprint density at radius 3 is 3.00 bits per heavy atom. The number of nitrogens with one attached hydrogen (secondary N) is 2. The van der Waals surface area contributed by atoms with E-state index in [9.17, 15) is 13.2 Å². The molecule has 1 aromatic heterocycles. The van der Waals surface area contributed by atoms with Gasteiger partial charge < -0.3 is 15.2 Å². The van der Waals surface area contributed by atoms with Gasteiger partial charge in [-0.25, -0.2) is 8.42 Å². The Morgan fingerprint density at radius 1 is 1.58 bits per heavy atom. The van der Waals surface area contributed by atoms with E-state index in [1.54, 1.807) is 0 Å². The third-order valence-corrected chi connectivity index (χ3v) is 4.99. The average molecular weight is 285 g/mol. The van der Waals surface area contributed by atoms with Gasteiger partial charge in [-0.15, -0.1) is 0 Å². The lowest BCUT2D eigenvalue weighted by molar-refractivity contribution is -0.121. The molecule has 0 saturated carbocycles. The van der Waals surface area contributed by atoms with E-state index in [0.717, 1.165) is 5.69 Å². The van der Waals surface area contributed by atoms with Gasteiger partial charge >= 0.3 is 0 Å². The summed E-state index contributed by atoms with van der Waals surface area (Å²) in [5.74, 6) is 0.0785. The molecule has 2 rings (SSSR count). The quantitative estimate of drug-likeness (QED) is 0.775. The van der Waals surface area contributed by atoms with E-state index in [2.05, 4.69) is 10.6 Å². The largest absolute Gasteiger partial charge is 0.353 e. The molecule has 1 aliphatic rings. The van der Waals surface area contributed by atoms with Gasteiger partial charge in [-0.2, -0.15) is 0 Å². The van der Waals surface area contributed by atoms with Gasteiger partial charge in [0.15, 0.2) is 9.84 Å². The van der Waals surface area contributed by atoms with Crippen molar-refractivity contribution >= 4 is 15.7 Å². The molecule has 1 saturated heterocycles. The minimum Gasteiger partial charge on any atom is -0.353 e. The third-order valence-electron chi connectivity index (χ3n) is 3.25. The second-order valence-electron chi connectivity index (χ2n) is 4.86. The van der Waals surface area contributed by atoms with Gasteiger partial charge in [-0.05, 0) is 12.1 Å². The van der Waals surface area contributed by atoms with Crippen molar-refractivity contribution in [3.63, 3.8) is 0 Å². The first-order valence-corrected chi connectivity index (χ1v) is 8.09. The molecule has 1 aliphatic heterocycles. The second kappa shape index (κ2) is 5.75. The number of amides is 1. The average Bonchev–Trinajstić information content (AvgIpc) is 2.71. The van der Waals surface area contributed by atoms with Crippen molar-refractivity contribution < 1.29 is 13.2 Å². The number of carbonyl (C=O) groups is 1. The highest BCUT2D eigenvalue weighted by Crippen LogP contribution is 2.05. The fourth-order valence-electron chi connectivity index (χ4n) is 2.16. The monoisotopic (exact) mass is 285 g/mol. The van der Waals surface area contributed by atoms with Crippen molar-refractivity contribution in [1.82, 2.24) is 15.2 Å². The number of hydrogen-bond acceptors (Lipinski definition) is 4. The molecule has 1 unspecified atom stereocenters. The summed E-state index contributed by atoms with van der Waals surface area (Å²) in [5.41, 5.74) is 1.01. The molecule has 0 bridgehead atoms. The molecule has 1 aromatic rings. The molecule has 0 spiro atoms. The van der Waals surface area contributed by atoms with Crippen LogP contribution in [0.2, 0.25) is 0 Å². The number of hydrogen-bond donors (Lipinski definition) is 2. The first-order chi connectivity index (χ1) is 8.96. The zero-order chi connectivity index (χ0) is 13.9. The van der Waals surface area contributed by atoms with Crippen LogP contribution in [0.3, 0.4) is 0 Å². The van der Waals surface area contributed by atoms with Gasteiger partial charge in [-0.1, -0.05) is 0 Å². The fraction of sp³-hybridized carbons (Fsp3) is 0.583. The topological polar surface area (TPSA) is 80.2 Å². The summed E-state index contributed by atoms with van der Waals surface area (Å²) in [4.78, 5) is 11.8. The predicted octanol–water partition coefficient (Wildman–Crippen LogP) is -0.582. The maximum atomic E-state index is 11.8. The van der Waals surface area contributed by atoms with E-state index in [-0.39, 0.29) is 29.9 Å². The molecule has 0 aromatic carbocycles. The van der Waals surface area contributed by atoms with Gasteiger partial charge in [0.05, 0.1) is 18.1 Å². The molecule has 19 heavy (non-hydrogen) atoms. The molecule has 7 heteroatoms. The molecule has 2 N–H and O–H groups in total. The number of nitrogens with zero attached hydrogens (tertiary/aromatic N) is 1. The molecule has 1 amide bonds. The van der Waals surface area contributed by atoms with E-state index < -0.39 is 9.84 Å². The van der Waals surface area contributed by atoms with Crippen molar-refractivity contribution in [2.75, 3.05) is 18.1 Å². The van der Waals surface area contributed by atoms with Gasteiger partial charge in [0.25, 0.3) is 0 Å². The van der Waals surface area contributed by atoms with Gasteiger partial charge in [0.2, 0.25) is 5.91 Å². The van der Waals surface area contributed by atoms with Crippen molar-refractivity contribution in [1.29, 1.82) is 0 Å². The molecule has 106 valence electrons. The molecule has 1 fully saturated rings. The van der Waals surface area contributed by atoms with Gasteiger partial charge in [0.1, 0.15) is 0 Å². The van der Waals surface area contributed by atoms with Crippen molar-refractivity contribution in [3.05, 3.63) is 24.0 Å². The number of sulfone groups is 1. The second-order valence-corrected chi connectivity index (χ2v) is 7.09. The lowest BCUT2D eigenvalue weighted by atomic mass is 10.2. The van der Waals surface area contributed by atoms with Crippen LogP contribution in [-0.2, 0) is 28.2 Å². The minimum absolute atomic E-state index is 0.0462. The zero-order valence-electron chi connectivity index (χ0n) is 10.9. The van der Waals surface area contributed by atoms with Crippen LogP contribution >= 0.6 is 0 Å². The lowest BCUT2D eigenvalue weighted by Gasteiger charge is -2.23. The summed E-state index contributed by atoms with van der Waals surface area (Å²) in [6, 6.07) is 3.58. The van der Waals surface area contributed by atoms with Crippen LogP contribution < -0.4 is 10.6 Å². The first kappa shape index (κ1) is 14.1. The lowest BCUT2D eigenvalue weighted by Crippen LogP contribution is -2.47. The minimum atomic E-state index is -2.99. The molecule has 0 radical (unpaired) electrons. The van der Waals surface area contributed by atoms with Crippen molar-refractivity contribution in [3.8, 4) is 0 Å². The van der Waals surface area contributed by atoms with Crippen molar-refractivity contribution in [2.45, 2.75) is 19.0 Å². The molecule has 2 heterocycles. The molecular weight excluding hydrogens is 266 g/mol. The van der Waals surface area contributed by atoms with Crippen LogP contribution in [0, 0.1) is 0 Å². The Morgan fingerprint density at radius 2 is 2.37 bits per heavy atom. The fourth-order valence-corrected chi connectivity index (χ4v) is 3.61. The Balaban J connectivity index is 1.80. The summed E-state index contributed by atoms with van der Waals surface area (Å²) < 4.78 is 24.8. The van der Waals surface area contributed by atoms with E-state index in [1.165, 1.54) is 0 Å². The summed E-state index contributed by atoms with van der Waals surface area (Å²) in [5, 5.41) is 5.87. The van der Waals surface area contributed by atoms with E-state index in [4.69, 9.17) is 0 Å². The normalized spacial score (nSPS) is 22.1. The van der Waals surface area contributed by atoms with Gasteiger partial charge in [-0.3, -0.25) is 4.79 Å². The van der Waals surface area contributed by atoms with Crippen LogP contribution in [0.1, 0.15) is 12.1 Å². The Hall–Kier alpha value is -1.34. The highest BCUT2D eigenvalue weighted by Gasteiger charge is 2.25. The standard InChI is InChI=1S/C12H19N3O3S/c1-15-5-2-3-11(15)8-14-12(16)7-10-9-19(17,18)6-4-13-10/h2-3,5,10,13H,4,6-9H2,1H3,(H,14,16). The van der Waals surface area contributed by atoms with E-state index in [0.29, 0.717) is 13.1 Å². The SMILES string of the molecule is Cn1cccc1CNC(=O)CC1CS(=O)(=O)CCN1. The molecule has 6 nitrogen and oxygen atoms in total. The smallest absolute Gasteiger partial charge is 0.221 e. The van der Waals surface area contributed by atoms with Crippen molar-refractivity contribution in [2.24, 2.45) is 7.05 Å². The number of aryl methyl sites for hydroxylation is 1. The van der Waals surface area contributed by atoms with E-state index in [1.807, 2.05) is 29.9 Å². The number of carbonyl (C=O) groups excluding carboxylic acids is 1. The zero-order valence-corrected chi connectivity index (χ0v) is 11.7. The number of aromatic nitrogens is 1. The number of rotatable bonds is 4. The highest BCUT2D eigenvalue weighted by atomic mass is 32.2. The Labute approximate surface area is 113 Å². The Bertz CT molecular complexity index is 550. The maximum Gasteiger partial charge on any atom is 0.221 e. The van der Waals surface area contributed by atoms with Gasteiger partial charge in [0, 0.05) is 37.9 Å². The van der Waals surface area contributed by atoms with Crippen LogP contribution in [-0.4, -0.2) is 43.0 Å². The van der Waals surface area contributed by atoms with E-state index >= 15 is 0 Å². The Kier molecular flexibility index (Phi) is 4.26. The van der Waals surface area contributed by atoms with Crippen LogP contribution in [0.4, 0.5) is 0 Å². The maximum absolute atomic E-state index is 11.8. The summed E-state index contributed by atoms with van der Waals surface area (Å²) in [6.45, 7) is 0.889. The highest BCUT2D eigenvalue weighted by molar-refractivity contribution is 7.91.